The number of rotatable bonds is 5. The van der Waals surface area contributed by atoms with Crippen molar-refractivity contribution < 1.29 is 14.3 Å². The Morgan fingerprint density at radius 1 is 1.29 bits per heavy atom. The molecule has 0 aliphatic rings. The van der Waals surface area contributed by atoms with Crippen LogP contribution in [0.3, 0.4) is 0 Å². The molecule has 0 aliphatic carbocycles. The molecular weight excluding hydrogens is 352 g/mol. The zero-order valence-electron chi connectivity index (χ0n) is 9.28. The average Bonchev–Trinajstić information content (AvgIpc) is 2.29. The van der Waals surface area contributed by atoms with Crippen molar-refractivity contribution >= 4 is 43.6 Å². The van der Waals surface area contributed by atoms with Gasteiger partial charge in [0, 0.05) is 10.0 Å². The summed E-state index contributed by atoms with van der Waals surface area (Å²) >= 11 is 6.50. The van der Waals surface area contributed by atoms with E-state index in [1.807, 2.05) is 0 Å². The summed E-state index contributed by atoms with van der Waals surface area (Å²) in [4.78, 5) is 22.6. The molecule has 0 heterocycles. The van der Waals surface area contributed by atoms with Gasteiger partial charge in [0.25, 0.3) is 0 Å². The first-order chi connectivity index (χ1) is 8.04. The van der Waals surface area contributed by atoms with Crippen LogP contribution in [0.4, 0.5) is 0 Å². The van der Waals surface area contributed by atoms with E-state index in [1.54, 1.807) is 31.2 Å². The first-order valence-electron chi connectivity index (χ1n) is 5.14. The highest BCUT2D eigenvalue weighted by Gasteiger charge is 2.20. The standard InChI is InChI=1S/C12H12Br2O3/c1-2-17-11(15)7-10(14)12(16)8-3-5-9(13)6-4-8/h3-6,10H,2,7H2,1H3. The number of benzene rings is 1. The largest absolute Gasteiger partial charge is 0.466 e. The fourth-order valence-corrected chi connectivity index (χ4v) is 2.05. The molecule has 1 aromatic carbocycles. The molecule has 0 saturated carbocycles. The molecule has 0 N–H and O–H groups in total. The van der Waals surface area contributed by atoms with E-state index < -0.39 is 4.83 Å². The fraction of sp³-hybridized carbons (Fsp3) is 0.333. The van der Waals surface area contributed by atoms with Crippen LogP contribution in [0.15, 0.2) is 28.7 Å². The molecule has 0 aromatic heterocycles. The van der Waals surface area contributed by atoms with E-state index >= 15 is 0 Å². The Morgan fingerprint density at radius 3 is 2.41 bits per heavy atom. The summed E-state index contributed by atoms with van der Waals surface area (Å²) in [7, 11) is 0. The quantitative estimate of drug-likeness (QED) is 0.457. The van der Waals surface area contributed by atoms with E-state index in [4.69, 9.17) is 4.74 Å². The average molecular weight is 364 g/mol. The van der Waals surface area contributed by atoms with Gasteiger partial charge in [-0.2, -0.15) is 0 Å². The van der Waals surface area contributed by atoms with Gasteiger partial charge in [0.1, 0.15) is 0 Å². The van der Waals surface area contributed by atoms with Gasteiger partial charge >= 0.3 is 5.97 Å². The van der Waals surface area contributed by atoms with Crippen molar-refractivity contribution in [2.45, 2.75) is 18.2 Å². The number of alkyl halides is 1. The topological polar surface area (TPSA) is 43.4 Å². The fourth-order valence-electron chi connectivity index (χ4n) is 1.25. The van der Waals surface area contributed by atoms with Gasteiger partial charge in [-0.1, -0.05) is 44.0 Å². The normalized spacial score (nSPS) is 11.9. The molecule has 1 rings (SSSR count). The zero-order chi connectivity index (χ0) is 12.8. The summed E-state index contributed by atoms with van der Waals surface area (Å²) in [6.07, 6.45) is 0.0444. The van der Waals surface area contributed by atoms with Crippen molar-refractivity contribution in [2.75, 3.05) is 6.61 Å². The maximum absolute atomic E-state index is 11.9. The molecule has 0 bridgehead atoms. The molecule has 0 aliphatic heterocycles. The number of hydrogen-bond donors (Lipinski definition) is 0. The number of halogens is 2. The van der Waals surface area contributed by atoms with Crippen molar-refractivity contribution in [2.24, 2.45) is 0 Å². The highest BCUT2D eigenvalue weighted by atomic mass is 79.9. The predicted molar refractivity (Wildman–Crippen MR) is 72.4 cm³/mol. The lowest BCUT2D eigenvalue weighted by Crippen LogP contribution is -2.19. The first kappa shape index (κ1) is 14.4. The Morgan fingerprint density at radius 2 is 1.88 bits per heavy atom. The Hall–Kier alpha value is -0.680. The number of carbonyl (C=O) groups is 2. The number of esters is 1. The Labute approximate surface area is 117 Å². The highest BCUT2D eigenvalue weighted by Crippen LogP contribution is 2.17. The SMILES string of the molecule is CCOC(=O)CC(Br)C(=O)c1ccc(Br)cc1. The zero-order valence-corrected chi connectivity index (χ0v) is 12.5. The molecule has 0 amide bonds. The summed E-state index contributed by atoms with van der Waals surface area (Å²) in [5, 5.41) is 0. The molecule has 17 heavy (non-hydrogen) atoms. The van der Waals surface area contributed by atoms with E-state index in [2.05, 4.69) is 31.9 Å². The van der Waals surface area contributed by atoms with Gasteiger partial charge in [0.05, 0.1) is 17.9 Å². The number of hydrogen-bond acceptors (Lipinski definition) is 3. The van der Waals surface area contributed by atoms with Crippen LogP contribution >= 0.6 is 31.9 Å². The third-order valence-corrected chi connectivity index (χ3v) is 3.33. The maximum Gasteiger partial charge on any atom is 0.307 e. The van der Waals surface area contributed by atoms with Gasteiger partial charge in [-0.25, -0.2) is 0 Å². The molecule has 1 unspecified atom stereocenters. The second-order valence-electron chi connectivity index (χ2n) is 3.35. The molecule has 5 heteroatoms. The van der Waals surface area contributed by atoms with Crippen molar-refractivity contribution in [3.05, 3.63) is 34.3 Å². The van der Waals surface area contributed by atoms with Crippen LogP contribution in [0, 0.1) is 0 Å². The van der Waals surface area contributed by atoms with E-state index in [-0.39, 0.29) is 18.2 Å². The van der Waals surface area contributed by atoms with Gasteiger partial charge in [0.15, 0.2) is 5.78 Å². The molecule has 92 valence electrons. The third-order valence-electron chi connectivity index (χ3n) is 2.06. The van der Waals surface area contributed by atoms with Crippen LogP contribution in [-0.4, -0.2) is 23.2 Å². The molecule has 0 saturated heterocycles. The van der Waals surface area contributed by atoms with Gasteiger partial charge in [0.2, 0.25) is 0 Å². The Kier molecular flexibility index (Phi) is 5.85. The first-order valence-corrected chi connectivity index (χ1v) is 6.85. The molecule has 3 nitrogen and oxygen atoms in total. The predicted octanol–water partition coefficient (Wildman–Crippen LogP) is 3.35. The summed E-state index contributed by atoms with van der Waals surface area (Å²) in [5.41, 5.74) is 0.569. The minimum absolute atomic E-state index is 0.0444. The van der Waals surface area contributed by atoms with Gasteiger partial charge in [-0.05, 0) is 19.1 Å². The highest BCUT2D eigenvalue weighted by molar-refractivity contribution is 9.10. The van der Waals surface area contributed by atoms with E-state index in [0.29, 0.717) is 12.2 Å². The number of Topliss-reactive ketones (excluding diaryl/α,β-unsaturated/α-hetero) is 1. The number of ketones is 1. The van der Waals surface area contributed by atoms with E-state index in [9.17, 15) is 9.59 Å². The van der Waals surface area contributed by atoms with Gasteiger partial charge in [-0.15, -0.1) is 0 Å². The monoisotopic (exact) mass is 362 g/mol. The molecule has 0 fully saturated rings. The molecular formula is C12H12Br2O3. The van der Waals surface area contributed by atoms with Crippen LogP contribution in [0.25, 0.3) is 0 Å². The maximum atomic E-state index is 11.9. The minimum Gasteiger partial charge on any atom is -0.466 e. The molecule has 1 atom stereocenters. The molecule has 0 radical (unpaired) electrons. The van der Waals surface area contributed by atoms with Gasteiger partial charge in [-0.3, -0.25) is 9.59 Å². The lowest BCUT2D eigenvalue weighted by Gasteiger charge is -2.08. The second kappa shape index (κ2) is 6.91. The lowest BCUT2D eigenvalue weighted by molar-refractivity contribution is -0.142. The van der Waals surface area contributed by atoms with Crippen molar-refractivity contribution in [3.8, 4) is 0 Å². The van der Waals surface area contributed by atoms with E-state index in [1.165, 1.54) is 0 Å². The third kappa shape index (κ3) is 4.60. The second-order valence-corrected chi connectivity index (χ2v) is 5.37. The summed E-state index contributed by atoms with van der Waals surface area (Å²) in [6, 6.07) is 7.01. The Bertz CT molecular complexity index is 401. The van der Waals surface area contributed by atoms with Crippen LogP contribution in [0.2, 0.25) is 0 Å². The Balaban J connectivity index is 2.63. The molecule has 1 aromatic rings. The van der Waals surface area contributed by atoms with Crippen LogP contribution in [-0.2, 0) is 9.53 Å². The van der Waals surface area contributed by atoms with Crippen LogP contribution in [0.1, 0.15) is 23.7 Å². The number of carbonyl (C=O) groups excluding carboxylic acids is 2. The molecule has 0 spiro atoms. The summed E-state index contributed by atoms with van der Waals surface area (Å²) < 4.78 is 5.70. The van der Waals surface area contributed by atoms with E-state index in [0.717, 1.165) is 4.47 Å². The van der Waals surface area contributed by atoms with Crippen molar-refractivity contribution in [1.29, 1.82) is 0 Å². The smallest absolute Gasteiger partial charge is 0.307 e. The van der Waals surface area contributed by atoms with Crippen molar-refractivity contribution in [1.82, 2.24) is 0 Å². The number of ether oxygens (including phenoxy) is 1. The van der Waals surface area contributed by atoms with Crippen LogP contribution < -0.4 is 0 Å². The summed E-state index contributed by atoms with van der Waals surface area (Å²) in [6.45, 7) is 2.06. The van der Waals surface area contributed by atoms with Crippen LogP contribution in [0.5, 0.6) is 0 Å². The van der Waals surface area contributed by atoms with Crippen molar-refractivity contribution in [3.63, 3.8) is 0 Å². The summed E-state index contributed by atoms with van der Waals surface area (Å²) in [5.74, 6) is -0.495. The lowest BCUT2D eigenvalue weighted by atomic mass is 10.1. The minimum atomic E-state index is -0.539. The van der Waals surface area contributed by atoms with Gasteiger partial charge < -0.3 is 4.74 Å².